The fourth-order valence-electron chi connectivity index (χ4n) is 7.26. The van der Waals surface area contributed by atoms with Gasteiger partial charge < -0.3 is 19.6 Å². The molecular formula is C54H46N4. The predicted octanol–water partition coefficient (Wildman–Crippen LogP) is 15.4. The van der Waals surface area contributed by atoms with Crippen molar-refractivity contribution in [1.29, 1.82) is 0 Å². The minimum atomic E-state index is 0.749. The number of nitrogens with zero attached hydrogens (tertiary/aromatic N) is 4. The van der Waals surface area contributed by atoms with Crippen molar-refractivity contribution >= 4 is 62.6 Å². The van der Waals surface area contributed by atoms with E-state index in [-0.39, 0.29) is 0 Å². The fraction of sp³-hybridized carbons (Fsp3) is 0.0370. The van der Waals surface area contributed by atoms with Gasteiger partial charge in [-0.3, -0.25) is 0 Å². The molecule has 58 heavy (non-hydrogen) atoms. The van der Waals surface area contributed by atoms with Gasteiger partial charge in [0.05, 0.1) is 0 Å². The van der Waals surface area contributed by atoms with E-state index in [2.05, 4.69) is 262 Å². The van der Waals surface area contributed by atoms with Gasteiger partial charge in [0.15, 0.2) is 0 Å². The van der Waals surface area contributed by atoms with E-state index < -0.39 is 0 Å². The smallest absolute Gasteiger partial charge is 0.0463 e. The van der Waals surface area contributed by atoms with Crippen molar-refractivity contribution in [2.75, 3.05) is 26.1 Å². The van der Waals surface area contributed by atoms with Crippen LogP contribution in [-0.2, 0) is 0 Å². The van der Waals surface area contributed by atoms with E-state index in [0.29, 0.717) is 0 Å². The standard InChI is InChI=1S/C54H46N4/c1-2-3-4-20-43-55(44-21-10-5-11-22-44)45-31-33-50(34-32-45)58(53-39-35-51(36-40-53)56(46-23-12-6-13-24-46)47-25-14-7-15-26-47)54-41-37-52(38-42-54)57(48-27-16-8-17-28-48)49-29-18-9-19-30-49/h2-42H,43H2,1H3/b3-2-,20-4-. The van der Waals surface area contributed by atoms with E-state index in [9.17, 15) is 0 Å². The number of rotatable bonds is 14. The Balaban J connectivity index is 1.19. The van der Waals surface area contributed by atoms with E-state index in [1.807, 2.05) is 13.0 Å². The summed E-state index contributed by atoms with van der Waals surface area (Å²) in [5, 5.41) is 0. The van der Waals surface area contributed by atoms with Crippen LogP contribution < -0.4 is 19.6 Å². The fourth-order valence-corrected chi connectivity index (χ4v) is 7.26. The van der Waals surface area contributed by atoms with Crippen molar-refractivity contribution in [3.8, 4) is 0 Å². The SMILES string of the molecule is C/C=C\C=C/CN(c1ccccc1)c1ccc(N(c2ccc(N(c3ccccc3)c3ccccc3)cc2)c2ccc(N(c3ccccc3)c3ccccc3)cc2)cc1. The molecule has 0 saturated heterocycles. The molecule has 8 aromatic carbocycles. The van der Waals surface area contributed by atoms with Gasteiger partial charge in [-0.1, -0.05) is 115 Å². The molecule has 282 valence electrons. The summed E-state index contributed by atoms with van der Waals surface area (Å²) >= 11 is 0. The molecule has 4 heteroatoms. The van der Waals surface area contributed by atoms with Gasteiger partial charge in [-0.05, 0) is 140 Å². The lowest BCUT2D eigenvalue weighted by molar-refractivity contribution is 1.09. The molecular weight excluding hydrogens is 705 g/mol. The molecule has 0 spiro atoms. The number of hydrogen-bond acceptors (Lipinski definition) is 4. The highest BCUT2D eigenvalue weighted by Gasteiger charge is 2.18. The molecule has 0 aliphatic carbocycles. The van der Waals surface area contributed by atoms with Gasteiger partial charge >= 0.3 is 0 Å². The van der Waals surface area contributed by atoms with Crippen molar-refractivity contribution in [2.24, 2.45) is 0 Å². The third-order valence-electron chi connectivity index (χ3n) is 10.0. The molecule has 0 unspecified atom stereocenters. The van der Waals surface area contributed by atoms with Crippen LogP contribution in [0.4, 0.5) is 62.6 Å². The van der Waals surface area contributed by atoms with Gasteiger partial charge in [0.2, 0.25) is 0 Å². The molecule has 0 saturated carbocycles. The number of benzene rings is 8. The average Bonchev–Trinajstić information content (AvgIpc) is 3.30. The van der Waals surface area contributed by atoms with Crippen molar-refractivity contribution in [3.63, 3.8) is 0 Å². The molecule has 0 aromatic heterocycles. The van der Waals surface area contributed by atoms with Gasteiger partial charge in [-0.15, -0.1) is 0 Å². The van der Waals surface area contributed by atoms with Crippen LogP contribution in [0.2, 0.25) is 0 Å². The maximum absolute atomic E-state index is 2.33. The lowest BCUT2D eigenvalue weighted by atomic mass is 10.1. The van der Waals surface area contributed by atoms with Crippen molar-refractivity contribution < 1.29 is 0 Å². The first-order valence-electron chi connectivity index (χ1n) is 19.8. The lowest BCUT2D eigenvalue weighted by Crippen LogP contribution is -2.17. The van der Waals surface area contributed by atoms with Crippen molar-refractivity contribution in [2.45, 2.75) is 6.92 Å². The quantitative estimate of drug-likeness (QED) is 0.103. The number of anilines is 11. The molecule has 0 atom stereocenters. The summed E-state index contributed by atoms with van der Waals surface area (Å²) in [5.41, 5.74) is 12.0. The molecule has 0 bridgehead atoms. The highest BCUT2D eigenvalue weighted by atomic mass is 15.2. The third kappa shape index (κ3) is 8.62. The van der Waals surface area contributed by atoms with Crippen LogP contribution in [0.25, 0.3) is 0 Å². The Morgan fingerprint density at radius 2 is 0.500 bits per heavy atom. The molecule has 0 heterocycles. The van der Waals surface area contributed by atoms with Crippen LogP contribution in [0.5, 0.6) is 0 Å². The molecule has 8 aromatic rings. The number of allylic oxidation sites excluding steroid dienone is 3. The van der Waals surface area contributed by atoms with E-state index in [0.717, 1.165) is 69.1 Å². The first-order valence-corrected chi connectivity index (χ1v) is 19.8. The summed E-state index contributed by atoms with van der Waals surface area (Å²) in [4.78, 5) is 9.26. The molecule has 0 radical (unpaired) electrons. The summed E-state index contributed by atoms with van der Waals surface area (Å²) in [7, 11) is 0. The van der Waals surface area contributed by atoms with Crippen molar-refractivity contribution in [3.05, 3.63) is 249 Å². The average molecular weight is 751 g/mol. The van der Waals surface area contributed by atoms with Gasteiger partial charge in [-0.2, -0.15) is 0 Å². The Bertz CT molecular complexity index is 2300. The van der Waals surface area contributed by atoms with E-state index >= 15 is 0 Å². The molecule has 0 aliphatic heterocycles. The number of para-hydroxylation sites is 5. The monoisotopic (exact) mass is 750 g/mol. The molecule has 4 nitrogen and oxygen atoms in total. The highest BCUT2D eigenvalue weighted by molar-refractivity contribution is 5.84. The van der Waals surface area contributed by atoms with E-state index in [1.54, 1.807) is 0 Å². The van der Waals surface area contributed by atoms with Crippen molar-refractivity contribution in [1.82, 2.24) is 0 Å². The summed E-state index contributed by atoms with van der Waals surface area (Å²) in [5.74, 6) is 0. The second kappa shape index (κ2) is 18.4. The van der Waals surface area contributed by atoms with Gasteiger partial charge in [-0.25, -0.2) is 0 Å². The second-order valence-electron chi connectivity index (χ2n) is 13.8. The van der Waals surface area contributed by atoms with Crippen LogP contribution in [0.3, 0.4) is 0 Å². The highest BCUT2D eigenvalue weighted by Crippen LogP contribution is 2.41. The van der Waals surface area contributed by atoms with Crippen LogP contribution in [-0.4, -0.2) is 6.54 Å². The lowest BCUT2D eigenvalue weighted by Gasteiger charge is -2.30. The molecule has 8 rings (SSSR count). The minimum absolute atomic E-state index is 0.749. The second-order valence-corrected chi connectivity index (χ2v) is 13.8. The van der Waals surface area contributed by atoms with Crippen LogP contribution in [0.1, 0.15) is 6.92 Å². The topological polar surface area (TPSA) is 13.0 Å². The van der Waals surface area contributed by atoms with Crippen LogP contribution in [0, 0.1) is 0 Å². The largest absolute Gasteiger partial charge is 0.338 e. The first kappa shape index (κ1) is 37.4. The van der Waals surface area contributed by atoms with E-state index in [1.165, 1.54) is 0 Å². The Hall–Kier alpha value is -7.56. The summed E-state index contributed by atoms with van der Waals surface area (Å²) in [6.07, 6.45) is 8.41. The van der Waals surface area contributed by atoms with E-state index in [4.69, 9.17) is 0 Å². The zero-order valence-corrected chi connectivity index (χ0v) is 32.7. The Labute approximate surface area is 343 Å². The molecule has 0 fully saturated rings. The summed E-state index contributed by atoms with van der Waals surface area (Å²) in [6.45, 7) is 2.79. The minimum Gasteiger partial charge on any atom is -0.338 e. The predicted molar refractivity (Wildman–Crippen MR) is 248 cm³/mol. The Morgan fingerprint density at radius 1 is 0.276 bits per heavy atom. The third-order valence-corrected chi connectivity index (χ3v) is 10.0. The Morgan fingerprint density at radius 3 is 0.776 bits per heavy atom. The molecule has 0 amide bonds. The molecule has 0 aliphatic rings. The zero-order valence-electron chi connectivity index (χ0n) is 32.7. The first-order chi connectivity index (χ1) is 28.8. The van der Waals surface area contributed by atoms with Gasteiger partial charge in [0, 0.05) is 69.1 Å². The normalized spacial score (nSPS) is 11.1. The maximum Gasteiger partial charge on any atom is 0.0463 e. The number of hydrogen-bond donors (Lipinski definition) is 0. The van der Waals surface area contributed by atoms with Crippen LogP contribution >= 0.6 is 0 Å². The maximum atomic E-state index is 2.33. The molecule has 0 N–H and O–H groups in total. The van der Waals surface area contributed by atoms with Gasteiger partial charge in [0.1, 0.15) is 0 Å². The Kier molecular flexibility index (Phi) is 11.8. The zero-order chi connectivity index (χ0) is 39.4. The summed E-state index contributed by atoms with van der Waals surface area (Å²) in [6, 6.07) is 79.3. The summed E-state index contributed by atoms with van der Waals surface area (Å²) < 4.78 is 0. The van der Waals surface area contributed by atoms with Crippen LogP contribution in [0.15, 0.2) is 249 Å². The van der Waals surface area contributed by atoms with Gasteiger partial charge in [0.25, 0.3) is 0 Å².